The van der Waals surface area contributed by atoms with Crippen LogP contribution in [0, 0.1) is 0 Å². The van der Waals surface area contributed by atoms with Gasteiger partial charge in [0.25, 0.3) is 6.29 Å². The summed E-state index contributed by atoms with van der Waals surface area (Å²) in [5, 5.41) is -0.254. The number of carbonyl (C=O) groups excluding carboxylic acids is 2. The van der Waals surface area contributed by atoms with Crippen LogP contribution in [-0.2, 0) is 14.3 Å². The molecule has 0 fully saturated rings. The molecular weight excluding hydrogens is 246 g/mol. The molecule has 1 aliphatic rings. The molecule has 0 unspecified atom stereocenters. The normalized spacial score (nSPS) is 19.1. The molecule has 1 aromatic rings. The van der Waals surface area contributed by atoms with Crippen LogP contribution in [0.5, 0.6) is 0 Å². The number of ether oxygens (including phenoxy) is 2. The Hall–Kier alpha value is -2.01. The first-order valence-electron chi connectivity index (χ1n) is 4.71. The average Bonchev–Trinajstić information content (AvgIpc) is 2.58. The third-order valence-electron chi connectivity index (χ3n) is 2.12. The molecule has 0 saturated heterocycles. The molecule has 88 valence electrons. The van der Waals surface area contributed by atoms with Crippen LogP contribution in [-0.4, -0.2) is 18.2 Å². The van der Waals surface area contributed by atoms with Gasteiger partial charge in [-0.15, -0.1) is 0 Å². The SMILES string of the molecule is NC1=C(Cl)C(=O)O[C@@H]1OC(=O)c1ccccc1. The Morgan fingerprint density at radius 2 is 2.00 bits per heavy atom. The van der Waals surface area contributed by atoms with Gasteiger partial charge in [0.05, 0.1) is 5.56 Å². The van der Waals surface area contributed by atoms with Crippen molar-refractivity contribution in [3.8, 4) is 0 Å². The lowest BCUT2D eigenvalue weighted by atomic mass is 10.2. The van der Waals surface area contributed by atoms with E-state index in [0.717, 1.165) is 0 Å². The highest BCUT2D eigenvalue weighted by Crippen LogP contribution is 2.23. The predicted octanol–water partition coefficient (Wildman–Crippen LogP) is 1.14. The fourth-order valence-corrected chi connectivity index (χ4v) is 1.39. The van der Waals surface area contributed by atoms with E-state index in [-0.39, 0.29) is 10.7 Å². The van der Waals surface area contributed by atoms with Crippen molar-refractivity contribution < 1.29 is 19.1 Å². The molecule has 0 radical (unpaired) electrons. The van der Waals surface area contributed by atoms with Gasteiger partial charge in [0, 0.05) is 0 Å². The van der Waals surface area contributed by atoms with E-state index in [4.69, 9.17) is 22.1 Å². The average molecular weight is 254 g/mol. The highest BCUT2D eigenvalue weighted by atomic mass is 35.5. The minimum Gasteiger partial charge on any atom is -0.415 e. The number of hydrogen-bond donors (Lipinski definition) is 1. The molecule has 0 saturated carbocycles. The molecule has 1 aliphatic heterocycles. The number of cyclic esters (lactones) is 1. The lowest BCUT2D eigenvalue weighted by molar-refractivity contribution is -0.152. The van der Waals surface area contributed by atoms with Crippen LogP contribution >= 0.6 is 11.6 Å². The summed E-state index contributed by atoms with van der Waals surface area (Å²) >= 11 is 5.53. The van der Waals surface area contributed by atoms with Crippen molar-refractivity contribution >= 4 is 23.5 Å². The molecule has 1 atom stereocenters. The first kappa shape index (κ1) is 11.5. The van der Waals surface area contributed by atoms with Crippen LogP contribution in [0.25, 0.3) is 0 Å². The lowest BCUT2D eigenvalue weighted by Gasteiger charge is -2.11. The number of benzene rings is 1. The Labute approximate surface area is 102 Å². The number of esters is 2. The zero-order chi connectivity index (χ0) is 12.4. The van der Waals surface area contributed by atoms with Gasteiger partial charge < -0.3 is 15.2 Å². The van der Waals surface area contributed by atoms with Crippen LogP contribution in [0.3, 0.4) is 0 Å². The van der Waals surface area contributed by atoms with Crippen molar-refractivity contribution in [1.82, 2.24) is 0 Å². The zero-order valence-corrected chi connectivity index (χ0v) is 9.31. The monoisotopic (exact) mass is 253 g/mol. The molecule has 0 amide bonds. The van der Waals surface area contributed by atoms with Gasteiger partial charge in [-0.25, -0.2) is 9.59 Å². The molecule has 2 N–H and O–H groups in total. The molecule has 17 heavy (non-hydrogen) atoms. The topological polar surface area (TPSA) is 78.6 Å². The Kier molecular flexibility index (Phi) is 3.01. The lowest BCUT2D eigenvalue weighted by Crippen LogP contribution is -2.24. The number of hydrogen-bond acceptors (Lipinski definition) is 5. The van der Waals surface area contributed by atoms with Gasteiger partial charge >= 0.3 is 11.9 Å². The number of halogens is 1. The van der Waals surface area contributed by atoms with Crippen molar-refractivity contribution in [2.24, 2.45) is 5.73 Å². The maximum atomic E-state index is 11.6. The summed E-state index contributed by atoms with van der Waals surface area (Å²) in [6, 6.07) is 8.27. The third-order valence-corrected chi connectivity index (χ3v) is 2.50. The molecule has 1 aromatic carbocycles. The van der Waals surface area contributed by atoms with Crippen LogP contribution < -0.4 is 5.73 Å². The molecule has 0 aromatic heterocycles. The van der Waals surface area contributed by atoms with Gasteiger partial charge in [-0.2, -0.15) is 0 Å². The van der Waals surface area contributed by atoms with Gasteiger partial charge in [-0.05, 0) is 12.1 Å². The minimum absolute atomic E-state index is 0.0963. The first-order chi connectivity index (χ1) is 8.09. The largest absolute Gasteiger partial charge is 0.415 e. The molecule has 6 heteroatoms. The molecule has 5 nitrogen and oxygen atoms in total. The fourth-order valence-electron chi connectivity index (χ4n) is 1.26. The Balaban J connectivity index is 2.09. The quantitative estimate of drug-likeness (QED) is 0.800. The standard InChI is InChI=1S/C11H8ClNO4/c12-7-8(13)11(17-10(7)15)16-9(14)6-4-2-1-3-5-6/h1-5,11H,13H2/t11-/m0/s1. The zero-order valence-electron chi connectivity index (χ0n) is 8.55. The van der Waals surface area contributed by atoms with Crippen LogP contribution in [0.15, 0.2) is 41.1 Å². The number of rotatable bonds is 2. The Bertz CT molecular complexity index is 497. The summed E-state index contributed by atoms with van der Waals surface area (Å²) < 4.78 is 9.57. The van der Waals surface area contributed by atoms with Gasteiger partial charge in [-0.3, -0.25) is 0 Å². The van der Waals surface area contributed by atoms with Crippen molar-refractivity contribution in [3.05, 3.63) is 46.6 Å². The summed E-state index contributed by atoms with van der Waals surface area (Å²) in [7, 11) is 0. The smallest absolute Gasteiger partial charge is 0.355 e. The van der Waals surface area contributed by atoms with Crippen LogP contribution in [0.4, 0.5) is 0 Å². The minimum atomic E-state index is -1.25. The summed E-state index contributed by atoms with van der Waals surface area (Å²) in [4.78, 5) is 22.7. The third kappa shape index (κ3) is 2.24. The molecular formula is C11H8ClNO4. The van der Waals surface area contributed by atoms with Crippen LogP contribution in [0.2, 0.25) is 0 Å². The summed E-state index contributed by atoms with van der Waals surface area (Å²) in [6.45, 7) is 0. The number of carbonyl (C=O) groups is 2. The van der Waals surface area contributed by atoms with E-state index in [9.17, 15) is 9.59 Å². The summed E-state index contributed by atoms with van der Waals surface area (Å²) in [5.74, 6) is -1.44. The number of nitrogens with two attached hydrogens (primary N) is 1. The van der Waals surface area contributed by atoms with Gasteiger partial charge in [-0.1, -0.05) is 29.8 Å². The van der Waals surface area contributed by atoms with Gasteiger partial charge in [0.1, 0.15) is 5.70 Å². The van der Waals surface area contributed by atoms with Crippen molar-refractivity contribution in [3.63, 3.8) is 0 Å². The summed E-state index contributed by atoms with van der Waals surface area (Å²) in [5.41, 5.74) is 5.70. The second-order valence-corrected chi connectivity index (χ2v) is 3.66. The highest BCUT2D eigenvalue weighted by molar-refractivity contribution is 6.42. The van der Waals surface area contributed by atoms with Crippen LogP contribution in [0.1, 0.15) is 10.4 Å². The van der Waals surface area contributed by atoms with E-state index in [1.807, 2.05) is 0 Å². The second-order valence-electron chi connectivity index (χ2n) is 3.28. The van der Waals surface area contributed by atoms with Crippen molar-refractivity contribution in [2.75, 3.05) is 0 Å². The molecule has 1 heterocycles. The van der Waals surface area contributed by atoms with E-state index >= 15 is 0 Å². The van der Waals surface area contributed by atoms with E-state index < -0.39 is 18.2 Å². The Morgan fingerprint density at radius 1 is 1.35 bits per heavy atom. The van der Waals surface area contributed by atoms with E-state index in [2.05, 4.69) is 4.74 Å². The predicted molar refractivity (Wildman–Crippen MR) is 58.8 cm³/mol. The van der Waals surface area contributed by atoms with Crippen molar-refractivity contribution in [2.45, 2.75) is 6.29 Å². The molecule has 0 aliphatic carbocycles. The van der Waals surface area contributed by atoms with E-state index in [1.54, 1.807) is 30.3 Å². The maximum absolute atomic E-state index is 11.6. The molecule has 0 bridgehead atoms. The molecule has 0 spiro atoms. The molecule has 2 rings (SSSR count). The van der Waals surface area contributed by atoms with E-state index in [0.29, 0.717) is 5.56 Å². The summed E-state index contributed by atoms with van der Waals surface area (Å²) in [6.07, 6.45) is -1.25. The maximum Gasteiger partial charge on any atom is 0.355 e. The van der Waals surface area contributed by atoms with E-state index in [1.165, 1.54) is 0 Å². The first-order valence-corrected chi connectivity index (χ1v) is 5.09. The van der Waals surface area contributed by atoms with Crippen molar-refractivity contribution in [1.29, 1.82) is 0 Å². The van der Waals surface area contributed by atoms with Gasteiger partial charge in [0.2, 0.25) is 0 Å². The highest BCUT2D eigenvalue weighted by Gasteiger charge is 2.34. The van der Waals surface area contributed by atoms with Gasteiger partial charge in [0.15, 0.2) is 5.03 Å². The fraction of sp³-hybridized carbons (Fsp3) is 0.0909. The second kappa shape index (κ2) is 4.47. The Morgan fingerprint density at radius 3 is 2.53 bits per heavy atom.